The Balaban J connectivity index is 1.62. The molecule has 33 heavy (non-hydrogen) atoms. The van der Waals surface area contributed by atoms with Gasteiger partial charge >= 0.3 is 0 Å². The second kappa shape index (κ2) is 9.69. The molecule has 0 atom stereocenters. The van der Waals surface area contributed by atoms with Gasteiger partial charge in [0, 0.05) is 25.6 Å². The second-order valence-corrected chi connectivity index (χ2v) is 9.30. The molecule has 2 aromatic rings. The Labute approximate surface area is 198 Å². The average molecular weight is 474 g/mol. The highest BCUT2D eigenvalue weighted by atomic mass is 35.5. The predicted molar refractivity (Wildman–Crippen MR) is 126 cm³/mol. The number of carbonyl (C=O) groups excluding carboxylic acids is 2. The third-order valence-corrected chi connectivity index (χ3v) is 7.02. The van der Waals surface area contributed by atoms with Crippen molar-refractivity contribution in [2.45, 2.75) is 63.7 Å². The first kappa shape index (κ1) is 23.5. The van der Waals surface area contributed by atoms with Crippen LogP contribution in [0.25, 0.3) is 0 Å². The minimum atomic E-state index is -0.486. The summed E-state index contributed by atoms with van der Waals surface area (Å²) in [4.78, 5) is 27.3. The standard InChI is InChI=1S/C25H29ClFN3O3/c1-16(31)28-22-14-23(33-2)20(13-21(22)26)24(32)29-25-11-3-5-19(6-4-12-25)30(25)15-17-7-9-18(27)10-8-17/h7-10,13-14,19H,3-6,11-12,15H2,1-2H3,(H,28,31)(H,29,32). The summed E-state index contributed by atoms with van der Waals surface area (Å²) in [5.41, 5.74) is 1.24. The van der Waals surface area contributed by atoms with Crippen LogP contribution in [0.5, 0.6) is 5.75 Å². The molecule has 0 spiro atoms. The number of hydrogen-bond donors (Lipinski definition) is 2. The van der Waals surface area contributed by atoms with E-state index < -0.39 is 5.66 Å². The van der Waals surface area contributed by atoms with Crippen molar-refractivity contribution in [1.82, 2.24) is 10.2 Å². The van der Waals surface area contributed by atoms with Crippen molar-refractivity contribution in [3.05, 3.63) is 58.4 Å². The van der Waals surface area contributed by atoms with Crippen LogP contribution in [-0.2, 0) is 11.3 Å². The highest BCUT2D eigenvalue weighted by molar-refractivity contribution is 6.34. The number of piperidine rings is 2. The van der Waals surface area contributed by atoms with Crippen molar-refractivity contribution in [3.63, 3.8) is 0 Å². The number of anilines is 1. The van der Waals surface area contributed by atoms with Crippen molar-refractivity contribution in [2.75, 3.05) is 12.4 Å². The number of carbonyl (C=O) groups is 2. The minimum Gasteiger partial charge on any atom is -0.496 e. The van der Waals surface area contributed by atoms with Crippen LogP contribution < -0.4 is 15.4 Å². The average Bonchev–Trinajstić information content (AvgIpc) is 2.76. The lowest BCUT2D eigenvalue weighted by atomic mass is 9.79. The van der Waals surface area contributed by atoms with E-state index in [2.05, 4.69) is 15.5 Å². The summed E-state index contributed by atoms with van der Waals surface area (Å²) in [6.45, 7) is 2.03. The van der Waals surface area contributed by atoms with E-state index in [0.717, 1.165) is 44.1 Å². The van der Waals surface area contributed by atoms with Crippen molar-refractivity contribution >= 4 is 29.1 Å². The summed E-state index contributed by atoms with van der Waals surface area (Å²) in [5.74, 6) is -0.450. The lowest BCUT2D eigenvalue weighted by molar-refractivity contribution is -0.114. The van der Waals surface area contributed by atoms with Gasteiger partial charge in [0.05, 0.1) is 29.0 Å². The molecule has 2 N–H and O–H groups in total. The molecule has 0 saturated carbocycles. The van der Waals surface area contributed by atoms with E-state index in [1.807, 2.05) is 0 Å². The number of nitrogens with zero attached hydrogens (tertiary/aromatic N) is 1. The Hall–Kier alpha value is -2.64. The molecule has 2 heterocycles. The third-order valence-electron chi connectivity index (χ3n) is 6.70. The number of benzene rings is 2. The van der Waals surface area contributed by atoms with Gasteiger partial charge in [-0.3, -0.25) is 14.5 Å². The smallest absolute Gasteiger partial charge is 0.256 e. The monoisotopic (exact) mass is 473 g/mol. The maximum Gasteiger partial charge on any atom is 0.256 e. The molecule has 6 nitrogen and oxygen atoms in total. The van der Waals surface area contributed by atoms with E-state index in [-0.39, 0.29) is 22.7 Å². The Morgan fingerprint density at radius 1 is 1.18 bits per heavy atom. The Kier molecular flexibility index (Phi) is 6.91. The van der Waals surface area contributed by atoms with Gasteiger partial charge < -0.3 is 15.4 Å². The molecule has 2 amide bonds. The summed E-state index contributed by atoms with van der Waals surface area (Å²) in [6.07, 6.45) is 5.92. The third kappa shape index (κ3) is 4.99. The molecule has 176 valence electrons. The number of amides is 2. The number of halogens is 2. The number of ether oxygens (including phenoxy) is 1. The van der Waals surface area contributed by atoms with Gasteiger partial charge in [-0.05, 0) is 62.3 Å². The zero-order chi connectivity index (χ0) is 23.6. The first-order valence-electron chi connectivity index (χ1n) is 11.3. The highest BCUT2D eigenvalue weighted by Crippen LogP contribution is 2.42. The lowest BCUT2D eigenvalue weighted by Gasteiger charge is -2.55. The van der Waals surface area contributed by atoms with Gasteiger partial charge in [0.15, 0.2) is 0 Å². The molecule has 2 aliphatic rings. The van der Waals surface area contributed by atoms with Crippen LogP contribution in [0.1, 0.15) is 61.4 Å². The molecule has 8 heteroatoms. The lowest BCUT2D eigenvalue weighted by Crippen LogP contribution is -2.67. The Morgan fingerprint density at radius 3 is 2.45 bits per heavy atom. The fourth-order valence-corrected chi connectivity index (χ4v) is 5.42. The molecule has 0 aromatic heterocycles. The molecule has 2 aromatic carbocycles. The van der Waals surface area contributed by atoms with Crippen LogP contribution in [-0.4, -0.2) is 35.5 Å². The van der Waals surface area contributed by atoms with Crippen LogP contribution in [0.2, 0.25) is 5.02 Å². The summed E-state index contributed by atoms with van der Waals surface area (Å²) < 4.78 is 18.9. The number of nitrogens with one attached hydrogen (secondary N) is 2. The van der Waals surface area contributed by atoms with Crippen molar-refractivity contribution in [3.8, 4) is 5.75 Å². The SMILES string of the molecule is COc1cc(NC(C)=O)c(Cl)cc1C(=O)NC12CCCC(CCC1)N2Cc1ccc(F)cc1. The van der Waals surface area contributed by atoms with E-state index in [1.165, 1.54) is 32.2 Å². The van der Waals surface area contributed by atoms with E-state index in [1.54, 1.807) is 18.2 Å². The van der Waals surface area contributed by atoms with Gasteiger partial charge in [-0.25, -0.2) is 4.39 Å². The molecule has 0 unspecified atom stereocenters. The van der Waals surface area contributed by atoms with E-state index in [9.17, 15) is 14.0 Å². The molecule has 2 fully saturated rings. The molecule has 4 rings (SSSR count). The highest BCUT2D eigenvalue weighted by Gasteiger charge is 2.47. The molecular weight excluding hydrogens is 445 g/mol. The molecule has 0 aliphatic carbocycles. The van der Waals surface area contributed by atoms with Crippen LogP contribution in [0, 0.1) is 5.82 Å². The largest absolute Gasteiger partial charge is 0.496 e. The molecule has 2 saturated heterocycles. The van der Waals surface area contributed by atoms with Crippen LogP contribution in [0.3, 0.4) is 0 Å². The molecule has 0 radical (unpaired) electrons. The first-order valence-corrected chi connectivity index (χ1v) is 11.7. The van der Waals surface area contributed by atoms with Gasteiger partial charge in [0.2, 0.25) is 5.91 Å². The predicted octanol–water partition coefficient (Wildman–Crippen LogP) is 5.11. The van der Waals surface area contributed by atoms with E-state index >= 15 is 0 Å². The summed E-state index contributed by atoms with van der Waals surface area (Å²) in [6, 6.07) is 10.0. The minimum absolute atomic E-state index is 0.257. The fraction of sp³-hybridized carbons (Fsp3) is 0.440. The van der Waals surface area contributed by atoms with Gasteiger partial charge in [-0.1, -0.05) is 23.7 Å². The Bertz CT molecular complexity index is 1030. The van der Waals surface area contributed by atoms with E-state index in [0.29, 0.717) is 29.6 Å². The summed E-state index contributed by atoms with van der Waals surface area (Å²) in [5, 5.41) is 6.23. The van der Waals surface area contributed by atoms with Crippen molar-refractivity contribution in [1.29, 1.82) is 0 Å². The number of rotatable bonds is 6. The van der Waals surface area contributed by atoms with Gasteiger partial charge in [0.1, 0.15) is 11.6 Å². The zero-order valence-corrected chi connectivity index (χ0v) is 19.7. The number of methoxy groups -OCH3 is 1. The normalized spacial score (nSPS) is 22.5. The molecular formula is C25H29ClFN3O3. The molecule has 2 aliphatic heterocycles. The zero-order valence-electron chi connectivity index (χ0n) is 18.9. The molecule has 2 bridgehead atoms. The number of fused-ring (bicyclic) bond motifs is 2. The second-order valence-electron chi connectivity index (χ2n) is 8.89. The van der Waals surface area contributed by atoms with Crippen molar-refractivity contribution in [2.24, 2.45) is 0 Å². The van der Waals surface area contributed by atoms with Crippen molar-refractivity contribution < 1.29 is 18.7 Å². The van der Waals surface area contributed by atoms with E-state index in [4.69, 9.17) is 16.3 Å². The maximum atomic E-state index is 13.5. The number of hydrogen-bond acceptors (Lipinski definition) is 4. The van der Waals surface area contributed by atoms with Gasteiger partial charge in [-0.15, -0.1) is 0 Å². The topological polar surface area (TPSA) is 70.7 Å². The summed E-state index contributed by atoms with van der Waals surface area (Å²) in [7, 11) is 1.48. The van der Waals surface area contributed by atoms with Crippen LogP contribution >= 0.6 is 11.6 Å². The van der Waals surface area contributed by atoms with Crippen LogP contribution in [0.15, 0.2) is 36.4 Å². The Morgan fingerprint density at radius 2 is 1.85 bits per heavy atom. The first-order chi connectivity index (χ1) is 15.8. The van der Waals surface area contributed by atoms with Gasteiger partial charge in [0.25, 0.3) is 5.91 Å². The quantitative estimate of drug-likeness (QED) is 0.611. The maximum absolute atomic E-state index is 13.5. The van der Waals surface area contributed by atoms with Gasteiger partial charge in [-0.2, -0.15) is 0 Å². The van der Waals surface area contributed by atoms with Crippen LogP contribution in [0.4, 0.5) is 10.1 Å². The fourth-order valence-electron chi connectivity index (χ4n) is 5.21. The summed E-state index contributed by atoms with van der Waals surface area (Å²) >= 11 is 6.35.